The average molecular weight is 604 g/mol. The molecule has 1 aliphatic heterocycles. The van der Waals surface area contributed by atoms with E-state index in [0.717, 1.165) is 54.7 Å². The Labute approximate surface area is 244 Å². The topological polar surface area (TPSA) is 61.4 Å². The molecule has 2 N–H and O–H groups in total. The van der Waals surface area contributed by atoms with Crippen LogP contribution in [0.4, 0.5) is 8.78 Å². The lowest BCUT2D eigenvalue weighted by atomic mass is 9.73. The fraction of sp³-hybridized carbons (Fsp3) is 0.333. The second kappa shape index (κ2) is 11.7. The number of unbranched alkanes of at least 4 members (excludes halogenated alkanes) is 1. The van der Waals surface area contributed by atoms with Crippen molar-refractivity contribution >= 4 is 44.3 Å². The molecule has 5 nitrogen and oxygen atoms in total. The molecule has 1 saturated heterocycles. The van der Waals surface area contributed by atoms with Crippen LogP contribution in [0.5, 0.6) is 0 Å². The predicted octanol–water partition coefficient (Wildman–Crippen LogP) is 6.13. The number of halogens is 4. The third-order valence-electron chi connectivity index (χ3n) is 7.63. The van der Waals surface area contributed by atoms with Crippen molar-refractivity contribution in [3.63, 3.8) is 0 Å². The van der Waals surface area contributed by atoms with Crippen molar-refractivity contribution in [3.05, 3.63) is 93.5 Å². The quantitative estimate of drug-likeness (QED) is 0.216. The SMILES string of the molecule is O=C(NC1CN(CCCCC2(C(=O)NCC(F)(F)P)c3ccccc3-c3ccccc32)C1)c1cc(Cl)cc(Cl)c1. The lowest BCUT2D eigenvalue weighted by molar-refractivity contribution is -0.126. The zero-order valence-electron chi connectivity index (χ0n) is 21.7. The van der Waals surface area contributed by atoms with Crippen LogP contribution in [0.1, 0.15) is 40.7 Å². The van der Waals surface area contributed by atoms with E-state index in [1.54, 1.807) is 18.2 Å². The van der Waals surface area contributed by atoms with Crippen molar-refractivity contribution in [2.75, 3.05) is 26.2 Å². The minimum Gasteiger partial charge on any atom is -0.349 e. The Morgan fingerprint density at radius 2 is 1.52 bits per heavy atom. The fourth-order valence-electron chi connectivity index (χ4n) is 5.82. The molecule has 1 heterocycles. The van der Waals surface area contributed by atoms with Gasteiger partial charge in [-0.05, 0) is 59.8 Å². The van der Waals surface area contributed by atoms with Crippen LogP contribution in [-0.2, 0) is 10.2 Å². The molecule has 0 saturated carbocycles. The standard InChI is InChI=1S/C30H30Cl2F2N3O2P/c31-20-13-19(14-21(32)15-20)27(38)36-22-16-37(17-22)12-6-5-11-29(28(39)35-18-30(33,34)40)25-9-3-1-7-23(25)24-8-2-4-10-26(24)29/h1-4,7-10,13-15,22H,5-6,11-12,16-18,40H2,(H,35,39)(H,36,38). The van der Waals surface area contributed by atoms with Gasteiger partial charge in [-0.2, -0.15) is 0 Å². The molecule has 2 aliphatic rings. The first-order valence-corrected chi connectivity index (χ1v) is 14.5. The number of fused-ring (bicyclic) bond motifs is 3. The molecule has 0 aromatic heterocycles. The van der Waals surface area contributed by atoms with Gasteiger partial charge in [-0.3, -0.25) is 14.5 Å². The molecule has 5 rings (SSSR count). The zero-order valence-corrected chi connectivity index (χ0v) is 24.4. The van der Waals surface area contributed by atoms with Gasteiger partial charge >= 0.3 is 0 Å². The summed E-state index contributed by atoms with van der Waals surface area (Å²) in [7, 11) is 1.49. The summed E-state index contributed by atoms with van der Waals surface area (Å²) in [5.41, 5.74) is -0.0521. The molecule has 210 valence electrons. The normalized spacial score (nSPS) is 16.1. The number of hydrogen-bond acceptors (Lipinski definition) is 3. The molecule has 3 aromatic carbocycles. The van der Waals surface area contributed by atoms with Crippen molar-refractivity contribution in [3.8, 4) is 11.1 Å². The van der Waals surface area contributed by atoms with Gasteiger partial charge in [0, 0.05) is 28.7 Å². The van der Waals surface area contributed by atoms with Gasteiger partial charge in [-0.25, -0.2) is 8.78 Å². The molecule has 1 fully saturated rings. The number of benzene rings is 3. The van der Waals surface area contributed by atoms with Crippen LogP contribution in [0, 0.1) is 0 Å². The molecule has 1 aliphatic carbocycles. The number of rotatable bonds is 10. The molecular weight excluding hydrogens is 574 g/mol. The van der Waals surface area contributed by atoms with Gasteiger partial charge in [0.1, 0.15) is 5.41 Å². The maximum atomic E-state index is 13.7. The summed E-state index contributed by atoms with van der Waals surface area (Å²) < 4.78 is 27.3. The fourth-order valence-corrected chi connectivity index (χ4v) is 6.45. The summed E-state index contributed by atoms with van der Waals surface area (Å²) in [6, 6.07) is 20.3. The Kier molecular flexibility index (Phi) is 8.49. The third kappa shape index (κ3) is 6.03. The number of carbonyl (C=O) groups is 2. The van der Waals surface area contributed by atoms with Gasteiger partial charge in [0.05, 0.1) is 12.6 Å². The highest BCUT2D eigenvalue weighted by Crippen LogP contribution is 2.51. The van der Waals surface area contributed by atoms with E-state index < -0.39 is 23.5 Å². The van der Waals surface area contributed by atoms with Crippen LogP contribution in [0.25, 0.3) is 11.1 Å². The van der Waals surface area contributed by atoms with Crippen LogP contribution < -0.4 is 10.6 Å². The maximum Gasteiger partial charge on any atom is 0.275 e. The monoisotopic (exact) mass is 603 g/mol. The number of alkyl halides is 2. The summed E-state index contributed by atoms with van der Waals surface area (Å²) in [6.07, 6.45) is 2.05. The van der Waals surface area contributed by atoms with Gasteiger partial charge in [-0.15, -0.1) is 0 Å². The highest BCUT2D eigenvalue weighted by atomic mass is 35.5. The maximum absolute atomic E-state index is 13.7. The van der Waals surface area contributed by atoms with Gasteiger partial charge < -0.3 is 10.6 Å². The van der Waals surface area contributed by atoms with E-state index in [-0.39, 0.29) is 11.9 Å². The van der Waals surface area contributed by atoms with E-state index in [2.05, 4.69) is 15.5 Å². The second-order valence-electron chi connectivity index (χ2n) is 10.5. The Morgan fingerprint density at radius 1 is 0.950 bits per heavy atom. The number of hydrogen-bond donors (Lipinski definition) is 2. The van der Waals surface area contributed by atoms with E-state index in [1.807, 2.05) is 48.5 Å². The average Bonchev–Trinajstić information content (AvgIpc) is 3.17. The Hall–Kier alpha value is -2.57. The van der Waals surface area contributed by atoms with E-state index in [9.17, 15) is 18.4 Å². The van der Waals surface area contributed by atoms with Gasteiger partial charge in [0.2, 0.25) is 5.91 Å². The first-order chi connectivity index (χ1) is 19.1. The van der Waals surface area contributed by atoms with E-state index in [0.29, 0.717) is 22.0 Å². The molecular formula is C30H30Cl2F2N3O2P. The third-order valence-corrected chi connectivity index (χ3v) is 8.27. The molecule has 0 spiro atoms. The molecule has 2 amide bonds. The number of likely N-dealkylation sites (tertiary alicyclic amines) is 1. The zero-order chi connectivity index (χ0) is 28.5. The number of nitrogens with zero attached hydrogens (tertiary/aromatic N) is 1. The lowest BCUT2D eigenvalue weighted by Crippen LogP contribution is -2.59. The van der Waals surface area contributed by atoms with Crippen LogP contribution in [0.2, 0.25) is 10.0 Å². The number of amides is 2. The summed E-state index contributed by atoms with van der Waals surface area (Å²) in [4.78, 5) is 28.5. The largest absolute Gasteiger partial charge is 0.349 e. The van der Waals surface area contributed by atoms with E-state index in [4.69, 9.17) is 23.2 Å². The summed E-state index contributed by atoms with van der Waals surface area (Å²) in [6.45, 7) is 1.51. The Morgan fingerprint density at radius 3 is 2.10 bits per heavy atom. The summed E-state index contributed by atoms with van der Waals surface area (Å²) in [5, 5.41) is 6.36. The molecule has 40 heavy (non-hydrogen) atoms. The van der Waals surface area contributed by atoms with Crippen molar-refractivity contribution in [2.45, 2.75) is 36.4 Å². The molecule has 3 aromatic rings. The highest BCUT2D eigenvalue weighted by molar-refractivity contribution is 7.18. The van der Waals surface area contributed by atoms with Gasteiger partial charge in [0.15, 0.2) is 0 Å². The molecule has 1 unspecified atom stereocenters. The summed E-state index contributed by atoms with van der Waals surface area (Å²) in [5.74, 6) is -0.614. The van der Waals surface area contributed by atoms with E-state index in [1.165, 1.54) is 9.24 Å². The van der Waals surface area contributed by atoms with Crippen molar-refractivity contribution in [2.24, 2.45) is 0 Å². The second-order valence-corrected chi connectivity index (χ2v) is 12.2. The Bertz CT molecular complexity index is 1360. The van der Waals surface area contributed by atoms with Crippen molar-refractivity contribution in [1.82, 2.24) is 15.5 Å². The molecule has 0 bridgehead atoms. The first-order valence-electron chi connectivity index (χ1n) is 13.2. The lowest BCUT2D eigenvalue weighted by Gasteiger charge is -2.40. The van der Waals surface area contributed by atoms with Crippen molar-refractivity contribution in [1.29, 1.82) is 0 Å². The van der Waals surface area contributed by atoms with Crippen LogP contribution >= 0.6 is 32.4 Å². The number of nitrogens with one attached hydrogen (secondary N) is 2. The smallest absolute Gasteiger partial charge is 0.275 e. The molecule has 0 radical (unpaired) electrons. The van der Waals surface area contributed by atoms with Crippen LogP contribution in [-0.4, -0.2) is 54.6 Å². The summed E-state index contributed by atoms with van der Waals surface area (Å²) >= 11 is 12.0. The molecule has 10 heteroatoms. The van der Waals surface area contributed by atoms with Gasteiger partial charge in [-0.1, -0.05) is 87.4 Å². The van der Waals surface area contributed by atoms with Crippen LogP contribution in [0.3, 0.4) is 0 Å². The Balaban J connectivity index is 1.21. The van der Waals surface area contributed by atoms with Crippen LogP contribution in [0.15, 0.2) is 66.7 Å². The van der Waals surface area contributed by atoms with Gasteiger partial charge in [0.25, 0.3) is 11.6 Å². The first kappa shape index (κ1) is 28.9. The van der Waals surface area contributed by atoms with E-state index >= 15 is 0 Å². The minimum absolute atomic E-state index is 0.0320. The predicted molar refractivity (Wildman–Crippen MR) is 158 cm³/mol. The highest BCUT2D eigenvalue weighted by Gasteiger charge is 2.48. The molecule has 1 atom stereocenters. The number of carbonyl (C=O) groups excluding carboxylic acids is 2. The van der Waals surface area contributed by atoms with Crippen molar-refractivity contribution < 1.29 is 18.4 Å². The minimum atomic E-state index is -3.09.